The van der Waals surface area contributed by atoms with Crippen LogP contribution in [0.15, 0.2) is 29.8 Å². The summed E-state index contributed by atoms with van der Waals surface area (Å²) in [6.45, 7) is 9.77. The third-order valence-corrected chi connectivity index (χ3v) is 2.60. The maximum absolute atomic E-state index is 12.0. The summed E-state index contributed by atoms with van der Waals surface area (Å²) in [5.74, 6) is -0.0712. The standard InChI is InChI=1S/C16H22O2/c1-11(2)15(16(17)18-12(3)4)10-14-8-6-13(5)7-9-14/h6-12H,1-5H3. The maximum Gasteiger partial charge on any atom is 0.334 e. The van der Waals surface area contributed by atoms with Crippen molar-refractivity contribution in [1.29, 1.82) is 0 Å². The first kappa shape index (κ1) is 14.5. The van der Waals surface area contributed by atoms with Crippen molar-refractivity contribution in [1.82, 2.24) is 0 Å². The highest BCUT2D eigenvalue weighted by Crippen LogP contribution is 2.17. The van der Waals surface area contributed by atoms with Gasteiger partial charge in [0.25, 0.3) is 0 Å². The highest BCUT2D eigenvalue weighted by molar-refractivity contribution is 5.94. The van der Waals surface area contributed by atoms with Crippen LogP contribution in [0.1, 0.15) is 38.8 Å². The molecule has 2 nitrogen and oxygen atoms in total. The van der Waals surface area contributed by atoms with E-state index in [2.05, 4.69) is 0 Å². The van der Waals surface area contributed by atoms with E-state index in [-0.39, 0.29) is 18.0 Å². The lowest BCUT2D eigenvalue weighted by molar-refractivity contribution is -0.143. The Labute approximate surface area is 110 Å². The molecule has 0 aliphatic rings. The van der Waals surface area contributed by atoms with Crippen LogP contribution in [0.2, 0.25) is 0 Å². The van der Waals surface area contributed by atoms with Crippen LogP contribution in [0.3, 0.4) is 0 Å². The summed E-state index contributed by atoms with van der Waals surface area (Å²) in [5, 5.41) is 0. The molecule has 0 N–H and O–H groups in total. The average Bonchev–Trinajstić information content (AvgIpc) is 2.26. The third kappa shape index (κ3) is 4.36. The van der Waals surface area contributed by atoms with Gasteiger partial charge in [0.2, 0.25) is 0 Å². The lowest BCUT2D eigenvalue weighted by Gasteiger charge is -2.13. The average molecular weight is 246 g/mol. The molecule has 0 fully saturated rings. The van der Waals surface area contributed by atoms with Gasteiger partial charge in [-0.3, -0.25) is 0 Å². The van der Waals surface area contributed by atoms with Crippen LogP contribution in [0.5, 0.6) is 0 Å². The van der Waals surface area contributed by atoms with Gasteiger partial charge in [-0.1, -0.05) is 43.7 Å². The topological polar surface area (TPSA) is 26.3 Å². The molecule has 98 valence electrons. The summed E-state index contributed by atoms with van der Waals surface area (Å²) in [4.78, 5) is 12.0. The molecule has 0 aliphatic heterocycles. The monoisotopic (exact) mass is 246 g/mol. The lowest BCUT2D eigenvalue weighted by atomic mass is 10.00. The Hall–Kier alpha value is -1.57. The van der Waals surface area contributed by atoms with Crippen molar-refractivity contribution < 1.29 is 9.53 Å². The summed E-state index contributed by atoms with van der Waals surface area (Å²) in [5.41, 5.74) is 2.96. The second-order valence-electron chi connectivity index (χ2n) is 5.12. The molecule has 1 rings (SSSR count). The Morgan fingerprint density at radius 3 is 2.11 bits per heavy atom. The zero-order valence-electron chi connectivity index (χ0n) is 11.9. The number of benzene rings is 1. The Kier molecular flexibility index (Phi) is 5.14. The van der Waals surface area contributed by atoms with Crippen molar-refractivity contribution in [2.24, 2.45) is 5.92 Å². The molecule has 0 bridgehead atoms. The quantitative estimate of drug-likeness (QED) is 0.593. The van der Waals surface area contributed by atoms with Crippen molar-refractivity contribution >= 4 is 12.0 Å². The van der Waals surface area contributed by atoms with Gasteiger partial charge in [0.05, 0.1) is 6.10 Å². The van der Waals surface area contributed by atoms with Crippen molar-refractivity contribution in [2.45, 2.75) is 40.7 Å². The van der Waals surface area contributed by atoms with Gasteiger partial charge in [-0.15, -0.1) is 0 Å². The molecule has 0 saturated heterocycles. The Bertz CT molecular complexity index is 425. The van der Waals surface area contributed by atoms with E-state index in [1.807, 2.05) is 65.0 Å². The van der Waals surface area contributed by atoms with E-state index in [4.69, 9.17) is 4.74 Å². The van der Waals surface area contributed by atoms with E-state index in [0.29, 0.717) is 5.57 Å². The number of esters is 1. The molecule has 18 heavy (non-hydrogen) atoms. The fourth-order valence-electron chi connectivity index (χ4n) is 1.59. The van der Waals surface area contributed by atoms with Crippen LogP contribution >= 0.6 is 0 Å². The minimum atomic E-state index is -0.222. The molecular weight excluding hydrogens is 224 g/mol. The number of carbonyl (C=O) groups excluding carboxylic acids is 1. The Morgan fingerprint density at radius 2 is 1.67 bits per heavy atom. The second-order valence-corrected chi connectivity index (χ2v) is 5.12. The first-order valence-corrected chi connectivity index (χ1v) is 6.39. The van der Waals surface area contributed by atoms with E-state index in [0.717, 1.165) is 5.56 Å². The molecule has 0 atom stereocenters. The third-order valence-electron chi connectivity index (χ3n) is 2.60. The van der Waals surface area contributed by atoms with Crippen LogP contribution in [0.25, 0.3) is 6.08 Å². The highest BCUT2D eigenvalue weighted by atomic mass is 16.5. The summed E-state index contributed by atoms with van der Waals surface area (Å²) in [6.07, 6.45) is 1.83. The molecule has 0 unspecified atom stereocenters. The van der Waals surface area contributed by atoms with Gasteiger partial charge in [-0.25, -0.2) is 4.79 Å². The van der Waals surface area contributed by atoms with Gasteiger partial charge in [0.1, 0.15) is 0 Å². The summed E-state index contributed by atoms with van der Waals surface area (Å²) >= 11 is 0. The summed E-state index contributed by atoms with van der Waals surface area (Å²) in [6, 6.07) is 8.11. The van der Waals surface area contributed by atoms with Crippen LogP contribution < -0.4 is 0 Å². The molecule has 0 spiro atoms. The number of hydrogen-bond acceptors (Lipinski definition) is 2. The predicted octanol–water partition coefficient (Wildman–Crippen LogP) is 3.99. The molecule has 1 aromatic rings. The minimum Gasteiger partial charge on any atom is -0.460 e. The van der Waals surface area contributed by atoms with Crippen LogP contribution in [0.4, 0.5) is 0 Å². The molecule has 0 saturated carbocycles. The number of rotatable bonds is 4. The molecule has 0 aliphatic carbocycles. The van der Waals surface area contributed by atoms with Gasteiger partial charge in [-0.05, 0) is 38.3 Å². The van der Waals surface area contributed by atoms with E-state index in [9.17, 15) is 4.79 Å². The van der Waals surface area contributed by atoms with Gasteiger partial charge >= 0.3 is 5.97 Å². The molecule has 0 radical (unpaired) electrons. The smallest absolute Gasteiger partial charge is 0.334 e. The first-order chi connectivity index (χ1) is 8.40. The predicted molar refractivity (Wildman–Crippen MR) is 75.2 cm³/mol. The fourth-order valence-corrected chi connectivity index (χ4v) is 1.59. The molecule has 0 heterocycles. The second kappa shape index (κ2) is 6.39. The Morgan fingerprint density at radius 1 is 1.11 bits per heavy atom. The van der Waals surface area contributed by atoms with Crippen LogP contribution in [-0.4, -0.2) is 12.1 Å². The number of aryl methyl sites for hydroxylation is 1. The minimum absolute atomic E-state index is 0.0855. The SMILES string of the molecule is Cc1ccc(C=C(C(=O)OC(C)C)C(C)C)cc1. The van der Waals surface area contributed by atoms with Gasteiger partial charge < -0.3 is 4.74 Å². The van der Waals surface area contributed by atoms with Crippen molar-refractivity contribution in [2.75, 3.05) is 0 Å². The zero-order chi connectivity index (χ0) is 13.7. The summed E-state index contributed by atoms with van der Waals surface area (Å²) < 4.78 is 5.26. The van der Waals surface area contributed by atoms with Crippen LogP contribution in [0, 0.1) is 12.8 Å². The lowest BCUT2D eigenvalue weighted by Crippen LogP contribution is -2.16. The van der Waals surface area contributed by atoms with Crippen molar-refractivity contribution in [3.8, 4) is 0 Å². The molecular formula is C16H22O2. The highest BCUT2D eigenvalue weighted by Gasteiger charge is 2.16. The molecule has 0 amide bonds. The maximum atomic E-state index is 12.0. The van der Waals surface area contributed by atoms with Gasteiger partial charge in [-0.2, -0.15) is 0 Å². The molecule has 1 aromatic carbocycles. The van der Waals surface area contributed by atoms with Crippen LogP contribution in [-0.2, 0) is 9.53 Å². The van der Waals surface area contributed by atoms with E-state index < -0.39 is 0 Å². The van der Waals surface area contributed by atoms with Gasteiger partial charge in [0, 0.05) is 5.57 Å². The first-order valence-electron chi connectivity index (χ1n) is 6.39. The van der Waals surface area contributed by atoms with Crippen molar-refractivity contribution in [3.05, 3.63) is 41.0 Å². The van der Waals surface area contributed by atoms with E-state index in [1.165, 1.54) is 5.56 Å². The normalized spacial score (nSPS) is 12.1. The zero-order valence-corrected chi connectivity index (χ0v) is 11.9. The van der Waals surface area contributed by atoms with E-state index in [1.54, 1.807) is 0 Å². The largest absolute Gasteiger partial charge is 0.460 e. The fraction of sp³-hybridized carbons (Fsp3) is 0.438. The number of carbonyl (C=O) groups is 1. The van der Waals surface area contributed by atoms with E-state index >= 15 is 0 Å². The molecule has 2 heteroatoms. The van der Waals surface area contributed by atoms with Gasteiger partial charge in [0.15, 0.2) is 0 Å². The van der Waals surface area contributed by atoms with Crippen molar-refractivity contribution in [3.63, 3.8) is 0 Å². The number of hydrogen-bond donors (Lipinski definition) is 0. The molecule has 0 aromatic heterocycles. The Balaban J connectivity index is 2.97. The summed E-state index contributed by atoms with van der Waals surface area (Å²) in [7, 11) is 0. The number of ether oxygens (including phenoxy) is 1.